The van der Waals surface area contributed by atoms with Crippen molar-refractivity contribution in [3.05, 3.63) is 41.5 Å². The van der Waals surface area contributed by atoms with Crippen LogP contribution in [-0.4, -0.2) is 24.3 Å². The summed E-state index contributed by atoms with van der Waals surface area (Å²) >= 11 is 0. The molecule has 2 unspecified atom stereocenters. The predicted octanol–water partition coefficient (Wildman–Crippen LogP) is 3.11. The number of sulfonamides is 1. The average molecular weight is 279 g/mol. The lowest BCUT2D eigenvalue weighted by Crippen LogP contribution is -2.18. The van der Waals surface area contributed by atoms with Crippen LogP contribution in [0.1, 0.15) is 33.3 Å². The first kappa shape index (κ1) is 14.3. The molecular weight excluding hydrogens is 258 g/mol. The molecule has 0 radical (unpaired) electrons. The summed E-state index contributed by atoms with van der Waals surface area (Å²) in [5.74, 6) is 0. The molecule has 0 aliphatic carbocycles. The Bertz CT molecular complexity index is 608. The van der Waals surface area contributed by atoms with E-state index in [0.717, 1.165) is 11.1 Å². The summed E-state index contributed by atoms with van der Waals surface area (Å²) in [5, 5.41) is 0. The zero-order chi connectivity index (χ0) is 14.4. The van der Waals surface area contributed by atoms with Gasteiger partial charge in [-0.1, -0.05) is 29.3 Å². The summed E-state index contributed by atoms with van der Waals surface area (Å²) in [6.07, 6.45) is 2.02. The molecule has 1 aliphatic rings. The summed E-state index contributed by atoms with van der Waals surface area (Å²) in [7, 11) is -3.40. The minimum Gasteiger partial charge on any atom is -0.207 e. The second kappa shape index (κ2) is 4.46. The topological polar surface area (TPSA) is 37.1 Å². The van der Waals surface area contributed by atoms with Gasteiger partial charge in [0.25, 0.3) is 0 Å². The van der Waals surface area contributed by atoms with E-state index in [1.54, 1.807) is 16.4 Å². The fraction of sp³-hybridized carbons (Fsp3) is 0.467. The van der Waals surface area contributed by atoms with Crippen LogP contribution in [-0.2, 0) is 10.0 Å². The molecule has 1 fully saturated rings. The minimum absolute atomic E-state index is 0.0381. The summed E-state index contributed by atoms with van der Waals surface area (Å²) < 4.78 is 26.8. The van der Waals surface area contributed by atoms with Gasteiger partial charge < -0.3 is 0 Å². The SMILES string of the molecule is CC(C)=CC1N(S(=O)(=O)c2ccc(C)cc2)C1(C)C. The zero-order valence-electron chi connectivity index (χ0n) is 12.1. The normalized spacial score (nSPS) is 24.9. The first-order chi connectivity index (χ1) is 8.67. The van der Waals surface area contributed by atoms with Crippen molar-refractivity contribution in [2.24, 2.45) is 0 Å². The average Bonchev–Trinajstić information content (AvgIpc) is 2.80. The third-order valence-electron chi connectivity index (χ3n) is 3.55. The molecule has 0 amide bonds. The summed E-state index contributed by atoms with van der Waals surface area (Å²) in [4.78, 5) is 0.371. The quantitative estimate of drug-likeness (QED) is 0.630. The molecule has 0 spiro atoms. The van der Waals surface area contributed by atoms with Crippen molar-refractivity contribution in [1.29, 1.82) is 0 Å². The van der Waals surface area contributed by atoms with E-state index in [1.165, 1.54) is 0 Å². The molecule has 1 saturated heterocycles. The third-order valence-corrected chi connectivity index (χ3v) is 5.63. The van der Waals surface area contributed by atoms with Gasteiger partial charge in [-0.25, -0.2) is 8.42 Å². The van der Waals surface area contributed by atoms with Gasteiger partial charge in [0.05, 0.1) is 16.5 Å². The Morgan fingerprint density at radius 1 is 1.21 bits per heavy atom. The number of hydrogen-bond acceptors (Lipinski definition) is 2. The molecule has 2 rings (SSSR count). The molecule has 1 aromatic carbocycles. The van der Waals surface area contributed by atoms with Gasteiger partial charge in [-0.15, -0.1) is 0 Å². The van der Waals surface area contributed by atoms with Gasteiger partial charge in [0.1, 0.15) is 0 Å². The summed E-state index contributed by atoms with van der Waals surface area (Å²) in [5.41, 5.74) is 1.87. The Labute approximate surface area is 116 Å². The van der Waals surface area contributed by atoms with Crippen molar-refractivity contribution in [2.75, 3.05) is 0 Å². The lowest BCUT2D eigenvalue weighted by molar-refractivity contribution is 0.529. The van der Waals surface area contributed by atoms with Crippen LogP contribution >= 0.6 is 0 Å². The van der Waals surface area contributed by atoms with Crippen molar-refractivity contribution >= 4 is 10.0 Å². The lowest BCUT2D eigenvalue weighted by Gasteiger charge is -2.08. The maximum Gasteiger partial charge on any atom is 0.244 e. The van der Waals surface area contributed by atoms with E-state index in [9.17, 15) is 8.42 Å². The van der Waals surface area contributed by atoms with Gasteiger partial charge >= 0.3 is 0 Å². The van der Waals surface area contributed by atoms with E-state index in [0.29, 0.717) is 4.90 Å². The highest BCUT2D eigenvalue weighted by Crippen LogP contribution is 2.46. The molecule has 104 valence electrons. The standard InChI is InChI=1S/C15H21NO2S/c1-11(2)10-14-15(4,5)16(14)19(17,18)13-8-6-12(3)7-9-13/h6-10,14H,1-5H3. The highest BCUT2D eigenvalue weighted by atomic mass is 32.2. The van der Waals surface area contributed by atoms with Crippen LogP contribution < -0.4 is 0 Å². The highest BCUT2D eigenvalue weighted by Gasteiger charge is 2.61. The number of benzene rings is 1. The molecule has 19 heavy (non-hydrogen) atoms. The fourth-order valence-corrected chi connectivity index (χ4v) is 4.36. The largest absolute Gasteiger partial charge is 0.244 e. The van der Waals surface area contributed by atoms with Crippen LogP contribution in [0.2, 0.25) is 0 Å². The first-order valence-corrected chi connectivity index (χ1v) is 7.87. The Kier molecular flexibility index (Phi) is 3.35. The second-order valence-corrected chi connectivity index (χ2v) is 7.77. The van der Waals surface area contributed by atoms with E-state index in [1.807, 2.05) is 52.8 Å². The molecular formula is C15H21NO2S. The molecule has 0 saturated carbocycles. The van der Waals surface area contributed by atoms with Gasteiger partial charge in [0.2, 0.25) is 10.0 Å². The Balaban J connectivity index is 2.37. The van der Waals surface area contributed by atoms with Crippen LogP contribution in [0.15, 0.2) is 40.8 Å². The molecule has 2 atom stereocenters. The van der Waals surface area contributed by atoms with E-state index >= 15 is 0 Å². The maximum absolute atomic E-state index is 12.6. The third kappa shape index (κ3) is 2.47. The Hall–Kier alpha value is -1.13. The number of aryl methyl sites for hydroxylation is 1. The van der Waals surface area contributed by atoms with Crippen LogP contribution in [0, 0.1) is 6.92 Å². The molecule has 1 heterocycles. The van der Waals surface area contributed by atoms with Crippen molar-refractivity contribution in [3.63, 3.8) is 0 Å². The second-order valence-electron chi connectivity index (χ2n) is 5.96. The van der Waals surface area contributed by atoms with Crippen LogP contribution in [0.5, 0.6) is 0 Å². The van der Waals surface area contributed by atoms with E-state index in [-0.39, 0.29) is 11.6 Å². The minimum atomic E-state index is -3.40. The lowest BCUT2D eigenvalue weighted by atomic mass is 10.1. The number of hydrogen-bond donors (Lipinski definition) is 0. The van der Waals surface area contributed by atoms with E-state index in [4.69, 9.17) is 0 Å². The van der Waals surface area contributed by atoms with E-state index < -0.39 is 10.0 Å². The number of allylic oxidation sites excluding steroid dienone is 1. The predicted molar refractivity (Wildman–Crippen MR) is 77.5 cm³/mol. The summed E-state index contributed by atoms with van der Waals surface area (Å²) in [6.45, 7) is 9.85. The highest BCUT2D eigenvalue weighted by molar-refractivity contribution is 7.89. The van der Waals surface area contributed by atoms with Crippen molar-refractivity contribution in [3.8, 4) is 0 Å². The number of nitrogens with zero attached hydrogens (tertiary/aromatic N) is 1. The molecule has 0 aromatic heterocycles. The fourth-order valence-electron chi connectivity index (χ4n) is 2.35. The van der Waals surface area contributed by atoms with E-state index in [2.05, 4.69) is 0 Å². The van der Waals surface area contributed by atoms with Crippen LogP contribution in [0.4, 0.5) is 0 Å². The first-order valence-electron chi connectivity index (χ1n) is 6.43. The molecule has 1 aromatic rings. The van der Waals surface area contributed by atoms with Gasteiger partial charge in [-0.2, -0.15) is 4.31 Å². The molecule has 0 N–H and O–H groups in total. The zero-order valence-corrected chi connectivity index (χ0v) is 13.0. The Morgan fingerprint density at radius 3 is 2.21 bits per heavy atom. The van der Waals surface area contributed by atoms with Crippen molar-refractivity contribution < 1.29 is 8.42 Å². The summed E-state index contributed by atoms with van der Waals surface area (Å²) in [6, 6.07) is 6.99. The molecule has 0 bridgehead atoms. The van der Waals surface area contributed by atoms with Gasteiger partial charge in [0, 0.05) is 0 Å². The Morgan fingerprint density at radius 2 is 1.74 bits per heavy atom. The molecule has 1 aliphatic heterocycles. The van der Waals surface area contributed by atoms with Crippen molar-refractivity contribution in [1.82, 2.24) is 4.31 Å². The van der Waals surface area contributed by atoms with Gasteiger partial charge in [-0.3, -0.25) is 0 Å². The maximum atomic E-state index is 12.6. The van der Waals surface area contributed by atoms with Gasteiger partial charge in [0.15, 0.2) is 0 Å². The monoisotopic (exact) mass is 279 g/mol. The van der Waals surface area contributed by atoms with Gasteiger partial charge in [-0.05, 0) is 46.8 Å². The number of rotatable bonds is 3. The van der Waals surface area contributed by atoms with Crippen LogP contribution in [0.25, 0.3) is 0 Å². The van der Waals surface area contributed by atoms with Crippen molar-refractivity contribution in [2.45, 2.75) is 51.1 Å². The smallest absolute Gasteiger partial charge is 0.207 e. The molecule has 3 nitrogen and oxygen atoms in total. The molecule has 4 heteroatoms. The van der Waals surface area contributed by atoms with Crippen LogP contribution in [0.3, 0.4) is 0 Å².